The molecule has 0 aliphatic carbocycles. The second kappa shape index (κ2) is 6.69. The lowest BCUT2D eigenvalue weighted by Gasteiger charge is -2.09. The van der Waals surface area contributed by atoms with Crippen molar-refractivity contribution in [2.24, 2.45) is 0 Å². The summed E-state index contributed by atoms with van der Waals surface area (Å²) in [5, 5.41) is 8.70. The van der Waals surface area contributed by atoms with Gasteiger partial charge in [0.05, 0.1) is 0 Å². The van der Waals surface area contributed by atoms with E-state index in [-0.39, 0.29) is 19.0 Å². The first-order valence-electron chi connectivity index (χ1n) is 5.97. The van der Waals surface area contributed by atoms with Gasteiger partial charge in [0.15, 0.2) is 11.6 Å². The second-order valence-electron chi connectivity index (χ2n) is 3.96. The van der Waals surface area contributed by atoms with Crippen LogP contribution in [0.5, 0.6) is 5.75 Å². The highest BCUT2D eigenvalue weighted by Gasteiger charge is 2.09. The van der Waals surface area contributed by atoms with Crippen LogP contribution in [0.4, 0.5) is 8.78 Å². The predicted molar refractivity (Wildman–Crippen MR) is 71.1 cm³/mol. The van der Waals surface area contributed by atoms with Crippen molar-refractivity contribution in [2.45, 2.75) is 6.61 Å². The molecule has 0 radical (unpaired) electrons. The third-order valence-corrected chi connectivity index (χ3v) is 2.62. The first-order valence-corrected chi connectivity index (χ1v) is 5.97. The van der Waals surface area contributed by atoms with Gasteiger partial charge in [0, 0.05) is 11.1 Å². The minimum atomic E-state index is -1.01. The zero-order valence-electron chi connectivity index (χ0n) is 10.6. The minimum absolute atomic E-state index is 0.0661. The van der Waals surface area contributed by atoms with Crippen LogP contribution in [0.2, 0.25) is 0 Å². The maximum atomic E-state index is 13.4. The molecule has 102 valence electrons. The molecule has 0 bridgehead atoms. The average Bonchev–Trinajstić information content (AvgIpc) is 2.47. The summed E-state index contributed by atoms with van der Waals surface area (Å²) < 4.78 is 31.8. The number of hydrogen-bond acceptors (Lipinski definition) is 2. The van der Waals surface area contributed by atoms with Gasteiger partial charge in [-0.15, -0.1) is 0 Å². The Bertz CT molecular complexity index is 657. The highest BCUT2D eigenvalue weighted by Crippen LogP contribution is 2.21. The fourth-order valence-electron chi connectivity index (χ4n) is 1.65. The van der Waals surface area contributed by atoms with Crippen molar-refractivity contribution in [1.82, 2.24) is 0 Å². The van der Waals surface area contributed by atoms with Gasteiger partial charge in [-0.3, -0.25) is 0 Å². The number of halogens is 2. The van der Waals surface area contributed by atoms with E-state index in [9.17, 15) is 8.78 Å². The summed E-state index contributed by atoms with van der Waals surface area (Å²) in [4.78, 5) is 0. The van der Waals surface area contributed by atoms with Crippen molar-refractivity contribution in [3.63, 3.8) is 0 Å². The van der Waals surface area contributed by atoms with Crippen LogP contribution in [-0.2, 0) is 6.61 Å². The molecule has 0 unspecified atom stereocenters. The Morgan fingerprint density at radius 2 is 1.85 bits per heavy atom. The number of hydrogen-bond donors (Lipinski definition) is 1. The van der Waals surface area contributed by atoms with Gasteiger partial charge in [0.2, 0.25) is 5.82 Å². The van der Waals surface area contributed by atoms with Gasteiger partial charge in [-0.2, -0.15) is 4.39 Å². The molecular weight excluding hydrogens is 262 g/mol. The molecule has 0 heterocycles. The molecule has 2 aromatic carbocycles. The quantitative estimate of drug-likeness (QED) is 0.872. The molecule has 4 heteroatoms. The van der Waals surface area contributed by atoms with E-state index in [0.717, 1.165) is 11.6 Å². The molecule has 2 nitrogen and oxygen atoms in total. The van der Waals surface area contributed by atoms with Crippen LogP contribution >= 0.6 is 0 Å². The Labute approximate surface area is 115 Å². The summed E-state index contributed by atoms with van der Waals surface area (Å²) >= 11 is 0. The Morgan fingerprint density at radius 3 is 2.65 bits per heavy atom. The van der Waals surface area contributed by atoms with E-state index >= 15 is 0 Å². The van der Waals surface area contributed by atoms with Crippen LogP contribution in [0.1, 0.15) is 11.1 Å². The summed E-state index contributed by atoms with van der Waals surface area (Å²) in [5.74, 6) is 3.22. The van der Waals surface area contributed by atoms with Crippen LogP contribution in [0.3, 0.4) is 0 Å². The van der Waals surface area contributed by atoms with Gasteiger partial charge < -0.3 is 9.84 Å². The maximum Gasteiger partial charge on any atom is 0.200 e. The monoisotopic (exact) mass is 274 g/mol. The van der Waals surface area contributed by atoms with Crippen LogP contribution in [-0.4, -0.2) is 11.7 Å². The molecule has 0 fully saturated rings. The maximum absolute atomic E-state index is 13.4. The largest absolute Gasteiger partial charge is 0.486 e. The normalized spacial score (nSPS) is 9.75. The van der Waals surface area contributed by atoms with Gasteiger partial charge in [-0.1, -0.05) is 36.1 Å². The van der Waals surface area contributed by atoms with Gasteiger partial charge in [-0.05, 0) is 18.2 Å². The SMILES string of the molecule is OCC#Cc1ccccc1COc1cccc(F)c1F. The zero-order chi connectivity index (χ0) is 14.4. The molecular formula is C16H12F2O2. The first-order chi connectivity index (χ1) is 9.72. The Kier molecular flexibility index (Phi) is 4.70. The fourth-order valence-corrected chi connectivity index (χ4v) is 1.65. The van der Waals surface area contributed by atoms with E-state index in [2.05, 4.69) is 11.8 Å². The summed E-state index contributed by atoms with van der Waals surface area (Å²) in [6.07, 6.45) is 0. The molecule has 0 aliphatic rings. The highest BCUT2D eigenvalue weighted by molar-refractivity contribution is 5.41. The number of aliphatic hydroxyl groups excluding tert-OH is 1. The van der Waals surface area contributed by atoms with E-state index < -0.39 is 11.6 Å². The van der Waals surface area contributed by atoms with Crippen LogP contribution < -0.4 is 4.74 Å². The summed E-state index contributed by atoms with van der Waals surface area (Å²) in [5.41, 5.74) is 1.41. The van der Waals surface area contributed by atoms with E-state index in [1.54, 1.807) is 24.3 Å². The zero-order valence-corrected chi connectivity index (χ0v) is 10.6. The van der Waals surface area contributed by atoms with Crippen LogP contribution in [0.15, 0.2) is 42.5 Å². The summed E-state index contributed by atoms with van der Waals surface area (Å²) in [7, 11) is 0. The second-order valence-corrected chi connectivity index (χ2v) is 3.96. The molecule has 2 rings (SSSR count). The average molecular weight is 274 g/mol. The molecule has 20 heavy (non-hydrogen) atoms. The molecule has 0 saturated carbocycles. The minimum Gasteiger partial charge on any atom is -0.486 e. The highest BCUT2D eigenvalue weighted by atomic mass is 19.2. The Balaban J connectivity index is 2.17. The molecule has 0 amide bonds. The summed E-state index contributed by atoms with van der Waals surface area (Å²) in [6, 6.07) is 10.9. The molecule has 0 spiro atoms. The molecule has 0 atom stereocenters. The number of rotatable bonds is 3. The summed E-state index contributed by atoms with van der Waals surface area (Å²) in [6.45, 7) is -0.176. The smallest absolute Gasteiger partial charge is 0.200 e. The molecule has 1 N–H and O–H groups in total. The molecule has 0 aliphatic heterocycles. The van der Waals surface area contributed by atoms with Gasteiger partial charge in [0.1, 0.15) is 13.2 Å². The molecule has 0 aromatic heterocycles. The lowest BCUT2D eigenvalue weighted by molar-refractivity contribution is 0.284. The molecule has 0 saturated heterocycles. The third-order valence-electron chi connectivity index (χ3n) is 2.62. The topological polar surface area (TPSA) is 29.5 Å². The lowest BCUT2D eigenvalue weighted by Crippen LogP contribution is -2.00. The fraction of sp³-hybridized carbons (Fsp3) is 0.125. The number of benzene rings is 2. The lowest BCUT2D eigenvalue weighted by atomic mass is 10.1. The van der Waals surface area contributed by atoms with Crippen LogP contribution in [0, 0.1) is 23.5 Å². The number of ether oxygens (including phenoxy) is 1. The van der Waals surface area contributed by atoms with Crippen molar-refractivity contribution >= 4 is 0 Å². The van der Waals surface area contributed by atoms with E-state index in [4.69, 9.17) is 9.84 Å². The number of aliphatic hydroxyl groups is 1. The molecule has 2 aromatic rings. The van der Waals surface area contributed by atoms with Gasteiger partial charge in [-0.25, -0.2) is 4.39 Å². The van der Waals surface area contributed by atoms with Crippen molar-refractivity contribution in [3.05, 3.63) is 65.2 Å². The van der Waals surface area contributed by atoms with Crippen molar-refractivity contribution < 1.29 is 18.6 Å². The van der Waals surface area contributed by atoms with E-state index in [1.165, 1.54) is 12.1 Å². The van der Waals surface area contributed by atoms with E-state index in [1.807, 2.05) is 0 Å². The van der Waals surface area contributed by atoms with Crippen LogP contribution in [0.25, 0.3) is 0 Å². The standard InChI is InChI=1S/C16H12F2O2/c17-14-8-3-9-15(16(14)18)20-11-13-6-2-1-5-12(13)7-4-10-19/h1-3,5-6,8-9,19H,10-11H2. The van der Waals surface area contributed by atoms with Crippen molar-refractivity contribution in [1.29, 1.82) is 0 Å². The predicted octanol–water partition coefficient (Wildman–Crippen LogP) is 2.89. The van der Waals surface area contributed by atoms with Crippen molar-refractivity contribution in [2.75, 3.05) is 6.61 Å². The van der Waals surface area contributed by atoms with Gasteiger partial charge >= 0.3 is 0 Å². The first kappa shape index (κ1) is 14.0. The van der Waals surface area contributed by atoms with E-state index in [0.29, 0.717) is 5.56 Å². The Morgan fingerprint density at radius 1 is 1.05 bits per heavy atom. The van der Waals surface area contributed by atoms with Crippen molar-refractivity contribution in [3.8, 4) is 17.6 Å². The third kappa shape index (κ3) is 3.34. The Hall–Kier alpha value is -2.38. The van der Waals surface area contributed by atoms with Gasteiger partial charge in [0.25, 0.3) is 0 Å².